The molecule has 0 unspecified atom stereocenters. The summed E-state index contributed by atoms with van der Waals surface area (Å²) in [5, 5.41) is 0. The summed E-state index contributed by atoms with van der Waals surface area (Å²) < 4.78 is 4.92. The lowest BCUT2D eigenvalue weighted by Crippen LogP contribution is -2.22. The maximum Gasteiger partial charge on any atom is 0.0589 e. The lowest BCUT2D eigenvalue weighted by molar-refractivity contribution is 0.166. The summed E-state index contributed by atoms with van der Waals surface area (Å²) in [6.07, 6.45) is 3.66. The van der Waals surface area contributed by atoms with Crippen LogP contribution in [-0.2, 0) is 4.74 Å². The molecule has 3 heteroatoms. The Morgan fingerprint density at radius 3 is 2.91 bits per heavy atom. The van der Waals surface area contributed by atoms with E-state index in [1.807, 2.05) is 13.1 Å². The van der Waals surface area contributed by atoms with Crippen LogP contribution in [0.3, 0.4) is 0 Å². The summed E-state index contributed by atoms with van der Waals surface area (Å²) in [5.41, 5.74) is 0. The number of likely N-dealkylation sites (N-methyl/N-ethyl adjacent to an activating group) is 1. The molecule has 0 fully saturated rings. The molecule has 0 atom stereocenters. The highest BCUT2D eigenvalue weighted by molar-refractivity contribution is 5.25. The third-order valence-electron chi connectivity index (χ3n) is 1.31. The molecule has 0 rings (SSSR count). The summed E-state index contributed by atoms with van der Waals surface area (Å²) in [6, 6.07) is 0. The van der Waals surface area contributed by atoms with E-state index in [1.54, 1.807) is 13.3 Å². The van der Waals surface area contributed by atoms with E-state index in [9.17, 15) is 0 Å². The smallest absolute Gasteiger partial charge is 0.0589 e. The highest BCUT2D eigenvalue weighted by Crippen LogP contribution is 1.83. The van der Waals surface area contributed by atoms with Gasteiger partial charge in [-0.2, -0.15) is 0 Å². The molecule has 0 aromatic heterocycles. The van der Waals surface area contributed by atoms with E-state index in [-0.39, 0.29) is 0 Å². The second-order valence-electron chi connectivity index (χ2n) is 2.32. The summed E-state index contributed by atoms with van der Waals surface area (Å²) in [5.74, 6) is 0. The largest absolute Gasteiger partial charge is 0.383 e. The van der Waals surface area contributed by atoms with Crippen LogP contribution in [0.2, 0.25) is 0 Å². The first-order valence-electron chi connectivity index (χ1n) is 3.59. The zero-order valence-electron chi connectivity index (χ0n) is 7.29. The van der Waals surface area contributed by atoms with Crippen molar-refractivity contribution in [3.8, 4) is 0 Å². The second-order valence-corrected chi connectivity index (χ2v) is 2.32. The van der Waals surface area contributed by atoms with Gasteiger partial charge >= 0.3 is 0 Å². The Balaban J connectivity index is 3.28. The number of ether oxygens (including phenoxy) is 1. The molecular weight excluding hydrogens is 140 g/mol. The first kappa shape index (κ1) is 10.3. The zero-order chi connectivity index (χ0) is 8.53. The topological polar surface area (TPSA) is 24.8 Å². The standard InChI is InChI=1S/C8H16N2O/c1-9-5-4-6-10(2)7-8-11-3/h4-5H,1,6-8H2,2-3H3/b5-4-. The summed E-state index contributed by atoms with van der Waals surface area (Å²) >= 11 is 0. The molecule has 0 aliphatic heterocycles. The predicted molar refractivity (Wildman–Crippen MR) is 48.1 cm³/mol. The van der Waals surface area contributed by atoms with Crippen molar-refractivity contribution in [3.05, 3.63) is 12.3 Å². The van der Waals surface area contributed by atoms with Gasteiger partial charge in [-0.3, -0.25) is 4.99 Å². The van der Waals surface area contributed by atoms with Crippen molar-refractivity contribution >= 4 is 6.72 Å². The quantitative estimate of drug-likeness (QED) is 0.531. The van der Waals surface area contributed by atoms with E-state index in [0.29, 0.717) is 0 Å². The normalized spacial score (nSPS) is 11.2. The van der Waals surface area contributed by atoms with Crippen LogP contribution in [0, 0.1) is 0 Å². The Labute approximate surface area is 68.4 Å². The molecule has 0 aromatic rings. The predicted octanol–water partition coefficient (Wildman–Crippen LogP) is 0.779. The summed E-state index contributed by atoms with van der Waals surface area (Å²) in [4.78, 5) is 5.74. The Kier molecular flexibility index (Phi) is 6.98. The van der Waals surface area contributed by atoms with Crippen molar-refractivity contribution in [1.29, 1.82) is 0 Å². The van der Waals surface area contributed by atoms with Gasteiger partial charge in [0.25, 0.3) is 0 Å². The van der Waals surface area contributed by atoms with Crippen LogP contribution >= 0.6 is 0 Å². The molecule has 0 heterocycles. The minimum Gasteiger partial charge on any atom is -0.383 e. The highest BCUT2D eigenvalue weighted by Gasteiger charge is 1.92. The summed E-state index contributed by atoms with van der Waals surface area (Å²) in [6.45, 7) is 5.94. The molecule has 0 aliphatic carbocycles. The van der Waals surface area contributed by atoms with Crippen LogP contribution < -0.4 is 0 Å². The van der Waals surface area contributed by atoms with Gasteiger partial charge in [0.05, 0.1) is 6.61 Å². The zero-order valence-corrected chi connectivity index (χ0v) is 7.29. The van der Waals surface area contributed by atoms with Gasteiger partial charge < -0.3 is 9.64 Å². The van der Waals surface area contributed by atoms with Gasteiger partial charge in [-0.05, 0) is 13.8 Å². The molecule has 0 saturated heterocycles. The van der Waals surface area contributed by atoms with Gasteiger partial charge in [0.15, 0.2) is 0 Å². The molecule has 0 bridgehead atoms. The van der Waals surface area contributed by atoms with Crippen molar-refractivity contribution in [2.75, 3.05) is 33.9 Å². The van der Waals surface area contributed by atoms with Gasteiger partial charge in [0.2, 0.25) is 0 Å². The molecule has 0 saturated carbocycles. The van der Waals surface area contributed by atoms with Gasteiger partial charge in [-0.1, -0.05) is 6.08 Å². The fourth-order valence-electron chi connectivity index (χ4n) is 0.640. The van der Waals surface area contributed by atoms with Crippen molar-refractivity contribution < 1.29 is 4.74 Å². The van der Waals surface area contributed by atoms with Crippen molar-refractivity contribution in [1.82, 2.24) is 4.90 Å². The number of aliphatic imine (C=N–C) groups is 1. The third kappa shape index (κ3) is 7.22. The van der Waals surface area contributed by atoms with E-state index in [4.69, 9.17) is 4.74 Å². The molecule has 0 radical (unpaired) electrons. The lowest BCUT2D eigenvalue weighted by atomic mass is 10.5. The molecule has 11 heavy (non-hydrogen) atoms. The minimum absolute atomic E-state index is 0.770. The Morgan fingerprint density at radius 1 is 1.64 bits per heavy atom. The van der Waals surface area contributed by atoms with Crippen LogP contribution in [0.4, 0.5) is 0 Å². The second kappa shape index (κ2) is 7.44. The Bertz CT molecular complexity index is 123. The van der Waals surface area contributed by atoms with Crippen LogP contribution in [0.1, 0.15) is 0 Å². The lowest BCUT2D eigenvalue weighted by Gasteiger charge is -2.12. The fourth-order valence-corrected chi connectivity index (χ4v) is 0.640. The highest BCUT2D eigenvalue weighted by atomic mass is 16.5. The van der Waals surface area contributed by atoms with Gasteiger partial charge in [0.1, 0.15) is 0 Å². The number of methoxy groups -OCH3 is 1. The number of hydrogen-bond donors (Lipinski definition) is 0. The van der Waals surface area contributed by atoms with Gasteiger partial charge in [-0.15, -0.1) is 0 Å². The van der Waals surface area contributed by atoms with E-state index in [0.717, 1.165) is 19.7 Å². The molecule has 0 aliphatic rings. The SMILES string of the molecule is C=N/C=C\CN(C)CCOC. The molecule has 0 amide bonds. The minimum atomic E-state index is 0.770. The van der Waals surface area contributed by atoms with Crippen molar-refractivity contribution in [3.63, 3.8) is 0 Å². The van der Waals surface area contributed by atoms with Crippen molar-refractivity contribution in [2.24, 2.45) is 4.99 Å². The fraction of sp³-hybridized carbons (Fsp3) is 0.625. The average Bonchev–Trinajstić information content (AvgIpc) is 2.01. The molecule has 3 nitrogen and oxygen atoms in total. The first-order valence-corrected chi connectivity index (χ1v) is 3.59. The molecule has 0 aromatic carbocycles. The number of rotatable bonds is 6. The van der Waals surface area contributed by atoms with Crippen LogP contribution in [-0.4, -0.2) is 45.5 Å². The van der Waals surface area contributed by atoms with E-state index in [1.165, 1.54) is 0 Å². The van der Waals surface area contributed by atoms with E-state index < -0.39 is 0 Å². The third-order valence-corrected chi connectivity index (χ3v) is 1.31. The molecule has 64 valence electrons. The maximum atomic E-state index is 4.92. The Morgan fingerprint density at radius 2 is 2.36 bits per heavy atom. The van der Waals surface area contributed by atoms with Crippen LogP contribution in [0.15, 0.2) is 17.3 Å². The number of nitrogens with zero attached hydrogens (tertiary/aromatic N) is 2. The molecular formula is C8H16N2O. The van der Waals surface area contributed by atoms with Gasteiger partial charge in [-0.25, -0.2) is 0 Å². The Hall–Kier alpha value is -0.670. The first-order chi connectivity index (χ1) is 5.31. The monoisotopic (exact) mass is 156 g/mol. The van der Waals surface area contributed by atoms with Crippen LogP contribution in [0.25, 0.3) is 0 Å². The molecule has 0 spiro atoms. The average molecular weight is 156 g/mol. The van der Waals surface area contributed by atoms with Crippen LogP contribution in [0.5, 0.6) is 0 Å². The van der Waals surface area contributed by atoms with E-state index >= 15 is 0 Å². The molecule has 0 N–H and O–H groups in total. The van der Waals surface area contributed by atoms with Crippen molar-refractivity contribution in [2.45, 2.75) is 0 Å². The van der Waals surface area contributed by atoms with E-state index in [2.05, 4.69) is 16.6 Å². The van der Waals surface area contributed by atoms with Gasteiger partial charge in [0, 0.05) is 26.4 Å². The number of hydrogen-bond acceptors (Lipinski definition) is 3. The maximum absolute atomic E-state index is 4.92. The summed E-state index contributed by atoms with van der Waals surface area (Å²) in [7, 11) is 3.74.